The molecule has 1 aliphatic heterocycles. The number of rotatable bonds is 5. The van der Waals surface area contributed by atoms with Gasteiger partial charge in [-0.2, -0.15) is 0 Å². The summed E-state index contributed by atoms with van der Waals surface area (Å²) in [4.78, 5) is 14.2. The van der Waals surface area contributed by atoms with Gasteiger partial charge in [-0.05, 0) is 26.0 Å². The van der Waals surface area contributed by atoms with E-state index in [4.69, 9.17) is 9.15 Å². The Bertz CT molecular complexity index is 421. The summed E-state index contributed by atoms with van der Waals surface area (Å²) < 4.78 is 10.7. The van der Waals surface area contributed by atoms with Crippen LogP contribution in [0.15, 0.2) is 22.8 Å². The Labute approximate surface area is 118 Å². The van der Waals surface area contributed by atoms with Crippen LogP contribution in [0.1, 0.15) is 19.6 Å². The highest BCUT2D eigenvalue weighted by Gasteiger charge is 2.32. The molecule has 6 nitrogen and oxygen atoms in total. The van der Waals surface area contributed by atoms with E-state index in [1.165, 1.54) is 0 Å². The molecule has 1 fully saturated rings. The maximum absolute atomic E-state index is 12.2. The van der Waals surface area contributed by atoms with Gasteiger partial charge in [0.15, 0.2) is 0 Å². The minimum atomic E-state index is -0.266. The van der Waals surface area contributed by atoms with E-state index < -0.39 is 0 Å². The predicted octanol–water partition coefficient (Wildman–Crippen LogP) is 0.366. The summed E-state index contributed by atoms with van der Waals surface area (Å²) in [5.74, 6) is 0.681. The number of nitrogens with zero attached hydrogens (tertiary/aromatic N) is 1. The molecule has 20 heavy (non-hydrogen) atoms. The summed E-state index contributed by atoms with van der Waals surface area (Å²) in [5, 5.41) is 12.0. The van der Waals surface area contributed by atoms with Crippen LogP contribution in [0.4, 0.5) is 0 Å². The van der Waals surface area contributed by atoms with Crippen molar-refractivity contribution in [2.24, 2.45) is 0 Å². The smallest absolute Gasteiger partial charge is 0.237 e. The fraction of sp³-hybridized carbons (Fsp3) is 0.643. The average Bonchev–Trinajstić information content (AvgIpc) is 2.98. The second-order valence-electron chi connectivity index (χ2n) is 5.16. The van der Waals surface area contributed by atoms with Crippen LogP contribution in [0.3, 0.4) is 0 Å². The van der Waals surface area contributed by atoms with Gasteiger partial charge in [0.1, 0.15) is 5.76 Å². The van der Waals surface area contributed by atoms with Gasteiger partial charge in [0, 0.05) is 12.6 Å². The molecule has 1 aromatic rings. The number of aliphatic hydroxyl groups excluding tert-OH is 1. The van der Waals surface area contributed by atoms with E-state index in [1.54, 1.807) is 12.3 Å². The van der Waals surface area contributed by atoms with Gasteiger partial charge >= 0.3 is 0 Å². The van der Waals surface area contributed by atoms with Crippen LogP contribution < -0.4 is 5.32 Å². The van der Waals surface area contributed by atoms with E-state index >= 15 is 0 Å². The molecule has 3 atom stereocenters. The van der Waals surface area contributed by atoms with Crippen molar-refractivity contribution in [2.45, 2.75) is 38.6 Å². The van der Waals surface area contributed by atoms with Crippen LogP contribution >= 0.6 is 0 Å². The Morgan fingerprint density at radius 2 is 2.45 bits per heavy atom. The van der Waals surface area contributed by atoms with E-state index in [2.05, 4.69) is 10.2 Å². The fourth-order valence-corrected chi connectivity index (χ4v) is 2.37. The summed E-state index contributed by atoms with van der Waals surface area (Å²) >= 11 is 0. The van der Waals surface area contributed by atoms with Crippen molar-refractivity contribution in [2.75, 3.05) is 19.8 Å². The van der Waals surface area contributed by atoms with Gasteiger partial charge in [0.25, 0.3) is 0 Å². The van der Waals surface area contributed by atoms with Crippen molar-refractivity contribution in [3.63, 3.8) is 0 Å². The van der Waals surface area contributed by atoms with E-state index in [0.717, 1.165) is 5.76 Å². The highest BCUT2D eigenvalue weighted by atomic mass is 16.5. The molecule has 0 saturated carbocycles. The number of hydrogen-bond acceptors (Lipinski definition) is 5. The van der Waals surface area contributed by atoms with Crippen molar-refractivity contribution in [1.29, 1.82) is 0 Å². The van der Waals surface area contributed by atoms with Crippen LogP contribution in [0.5, 0.6) is 0 Å². The molecule has 1 aliphatic rings. The minimum absolute atomic E-state index is 0.0239. The number of aliphatic hydroxyl groups is 1. The second kappa shape index (κ2) is 6.88. The lowest BCUT2D eigenvalue weighted by atomic mass is 10.1. The van der Waals surface area contributed by atoms with Crippen molar-refractivity contribution in [1.82, 2.24) is 10.2 Å². The minimum Gasteiger partial charge on any atom is -0.467 e. The third-order valence-corrected chi connectivity index (χ3v) is 3.65. The van der Waals surface area contributed by atoms with Gasteiger partial charge in [-0.15, -0.1) is 0 Å². The summed E-state index contributed by atoms with van der Waals surface area (Å²) in [6, 6.07) is 3.50. The Morgan fingerprint density at radius 1 is 1.65 bits per heavy atom. The quantitative estimate of drug-likeness (QED) is 0.816. The van der Waals surface area contributed by atoms with Crippen LogP contribution in [-0.2, 0) is 16.1 Å². The van der Waals surface area contributed by atoms with Gasteiger partial charge < -0.3 is 19.6 Å². The maximum Gasteiger partial charge on any atom is 0.237 e. The first-order valence-corrected chi connectivity index (χ1v) is 6.90. The fourth-order valence-electron chi connectivity index (χ4n) is 2.37. The van der Waals surface area contributed by atoms with Crippen LogP contribution in [0, 0.1) is 0 Å². The first-order chi connectivity index (χ1) is 9.61. The summed E-state index contributed by atoms with van der Waals surface area (Å²) in [6.07, 6.45) is 1.37. The zero-order chi connectivity index (χ0) is 14.5. The van der Waals surface area contributed by atoms with Gasteiger partial charge in [-0.25, -0.2) is 0 Å². The molecule has 0 aromatic carbocycles. The molecule has 2 rings (SSSR count). The molecule has 0 aliphatic carbocycles. The third kappa shape index (κ3) is 3.59. The largest absolute Gasteiger partial charge is 0.467 e. The van der Waals surface area contributed by atoms with E-state index in [9.17, 15) is 9.90 Å². The predicted molar refractivity (Wildman–Crippen MR) is 73.0 cm³/mol. The number of morpholine rings is 1. The first kappa shape index (κ1) is 15.0. The molecule has 112 valence electrons. The molecule has 6 heteroatoms. The monoisotopic (exact) mass is 282 g/mol. The number of nitrogens with one attached hydrogen (secondary N) is 1. The van der Waals surface area contributed by atoms with Gasteiger partial charge in [0.05, 0.1) is 38.2 Å². The highest BCUT2D eigenvalue weighted by molar-refractivity contribution is 5.81. The SMILES string of the molecule is CC1COC(CO)CN1C(C)C(=O)NCc1ccco1. The summed E-state index contributed by atoms with van der Waals surface area (Å²) in [5.41, 5.74) is 0. The molecular formula is C14H22N2O4. The summed E-state index contributed by atoms with van der Waals surface area (Å²) in [6.45, 7) is 5.34. The summed E-state index contributed by atoms with van der Waals surface area (Å²) in [7, 11) is 0. The normalized spacial score (nSPS) is 25.4. The Balaban J connectivity index is 1.88. The molecule has 2 heterocycles. The average molecular weight is 282 g/mol. The topological polar surface area (TPSA) is 74.9 Å². The molecule has 1 amide bonds. The van der Waals surface area contributed by atoms with E-state index in [-0.39, 0.29) is 30.7 Å². The lowest BCUT2D eigenvalue weighted by Gasteiger charge is -2.40. The Kier molecular flexibility index (Phi) is 5.17. The Morgan fingerprint density at radius 3 is 3.10 bits per heavy atom. The molecule has 1 saturated heterocycles. The number of hydrogen-bond donors (Lipinski definition) is 2. The van der Waals surface area contributed by atoms with E-state index in [1.807, 2.05) is 19.9 Å². The first-order valence-electron chi connectivity index (χ1n) is 6.90. The van der Waals surface area contributed by atoms with Gasteiger partial charge in [0.2, 0.25) is 5.91 Å². The molecular weight excluding hydrogens is 260 g/mol. The highest BCUT2D eigenvalue weighted by Crippen LogP contribution is 2.15. The van der Waals surface area contributed by atoms with Gasteiger partial charge in [-0.3, -0.25) is 9.69 Å². The number of ether oxygens (including phenoxy) is 1. The number of amides is 1. The molecule has 0 spiro atoms. The number of furan rings is 1. The molecule has 0 radical (unpaired) electrons. The molecule has 1 aromatic heterocycles. The zero-order valence-electron chi connectivity index (χ0n) is 11.9. The third-order valence-electron chi connectivity index (χ3n) is 3.65. The van der Waals surface area contributed by atoms with E-state index in [0.29, 0.717) is 19.7 Å². The second-order valence-corrected chi connectivity index (χ2v) is 5.16. The molecule has 0 bridgehead atoms. The number of carbonyl (C=O) groups is 1. The number of carbonyl (C=O) groups excluding carboxylic acids is 1. The van der Waals surface area contributed by atoms with Crippen LogP contribution in [-0.4, -0.2) is 53.9 Å². The zero-order valence-corrected chi connectivity index (χ0v) is 11.9. The van der Waals surface area contributed by atoms with Gasteiger partial charge in [-0.1, -0.05) is 0 Å². The maximum atomic E-state index is 12.2. The van der Waals surface area contributed by atoms with Crippen LogP contribution in [0.2, 0.25) is 0 Å². The lowest BCUT2D eigenvalue weighted by Crippen LogP contribution is -2.56. The van der Waals surface area contributed by atoms with Crippen molar-refractivity contribution >= 4 is 5.91 Å². The molecule has 3 unspecified atom stereocenters. The van der Waals surface area contributed by atoms with Crippen molar-refractivity contribution < 1.29 is 19.1 Å². The van der Waals surface area contributed by atoms with Crippen molar-refractivity contribution in [3.8, 4) is 0 Å². The van der Waals surface area contributed by atoms with Crippen LogP contribution in [0.25, 0.3) is 0 Å². The Hall–Kier alpha value is -1.37. The standard InChI is InChI=1S/C14H22N2O4/c1-10-9-20-13(8-17)7-16(10)11(2)14(18)15-6-12-4-3-5-19-12/h3-5,10-11,13,17H,6-9H2,1-2H3,(H,15,18). The lowest BCUT2D eigenvalue weighted by molar-refractivity contribution is -0.134. The molecule has 2 N–H and O–H groups in total. The van der Waals surface area contributed by atoms with Crippen molar-refractivity contribution in [3.05, 3.63) is 24.2 Å².